The van der Waals surface area contributed by atoms with Gasteiger partial charge in [0.15, 0.2) is 0 Å². The van der Waals surface area contributed by atoms with Crippen molar-refractivity contribution in [3.8, 4) is 11.1 Å². The number of amides is 6. The van der Waals surface area contributed by atoms with Gasteiger partial charge in [-0.3, -0.25) is 28.8 Å². The molecule has 0 bridgehead atoms. The van der Waals surface area contributed by atoms with Crippen molar-refractivity contribution >= 4 is 46.8 Å². The highest BCUT2D eigenvalue weighted by Gasteiger charge is 2.39. The van der Waals surface area contributed by atoms with E-state index in [1.54, 1.807) is 30.3 Å². The van der Waals surface area contributed by atoms with Crippen LogP contribution in [0.5, 0.6) is 0 Å². The van der Waals surface area contributed by atoms with Gasteiger partial charge in [0.2, 0.25) is 0 Å². The highest BCUT2D eigenvalue weighted by molar-refractivity contribution is 6.35. The van der Waals surface area contributed by atoms with Crippen molar-refractivity contribution in [2.75, 3.05) is 23.9 Å². The molecule has 0 unspecified atom stereocenters. The number of carbonyl (C=O) groups excluding carboxylic acids is 6. The number of carbonyl (C=O) groups is 6. The molecule has 5 aromatic carbocycles. The summed E-state index contributed by atoms with van der Waals surface area (Å²) in [6.45, 7) is 9.94. The number of aryl methyl sites for hydroxylation is 5. The molecule has 0 spiro atoms. The lowest BCUT2D eigenvalue weighted by Crippen LogP contribution is -2.30. The number of imide groups is 2. The Balaban J connectivity index is 0.000000188. The number of rotatable bonds is 5. The van der Waals surface area contributed by atoms with Crippen molar-refractivity contribution in [2.24, 2.45) is 0 Å². The minimum atomic E-state index is -0.414. The maximum atomic E-state index is 13.0. The van der Waals surface area contributed by atoms with Crippen molar-refractivity contribution in [1.29, 1.82) is 0 Å². The predicted octanol–water partition coefficient (Wildman–Crippen LogP) is 6.90. The van der Waals surface area contributed by atoms with Crippen molar-refractivity contribution in [3.63, 3.8) is 0 Å². The lowest BCUT2D eigenvalue weighted by molar-refractivity contribution is 0.0910. The van der Waals surface area contributed by atoms with Gasteiger partial charge in [0.05, 0.1) is 33.6 Å². The minimum absolute atomic E-state index is 0.249. The van der Waals surface area contributed by atoms with E-state index in [1.807, 2.05) is 45.0 Å². The van der Waals surface area contributed by atoms with E-state index in [0.717, 1.165) is 32.7 Å². The van der Waals surface area contributed by atoms with E-state index < -0.39 is 11.8 Å². The summed E-state index contributed by atoms with van der Waals surface area (Å²) in [5.41, 5.74) is 10.4. The molecule has 2 heterocycles. The molecule has 2 aliphatic heterocycles. The van der Waals surface area contributed by atoms with E-state index in [-0.39, 0.29) is 34.8 Å². The number of nitrogens with zero attached hydrogens (tertiary/aromatic N) is 2. The molecule has 10 nitrogen and oxygen atoms in total. The number of hydrogen-bond acceptors (Lipinski definition) is 6. The average molecular weight is 707 g/mol. The SMILES string of the molecule is CNC(=O)c1ccc2c(c1)C(=O)N(c1ccc(-c3ccc(C)c(C)c3)cc1C)C2=O.CNC(=O)c1ccc2c(c1)C(=O)N(c1ccc(C)c(C)c1)C2=O. The fourth-order valence-corrected chi connectivity index (χ4v) is 6.38. The monoisotopic (exact) mass is 706 g/mol. The molecule has 266 valence electrons. The second kappa shape index (κ2) is 14.1. The van der Waals surface area contributed by atoms with Crippen molar-refractivity contribution in [3.05, 3.63) is 152 Å². The van der Waals surface area contributed by atoms with Gasteiger partial charge >= 0.3 is 0 Å². The summed E-state index contributed by atoms with van der Waals surface area (Å²) in [5.74, 6) is -2.15. The average Bonchev–Trinajstić information content (AvgIpc) is 3.56. The predicted molar refractivity (Wildman–Crippen MR) is 204 cm³/mol. The number of hydrogen-bond donors (Lipinski definition) is 2. The number of anilines is 2. The Labute approximate surface area is 307 Å². The molecule has 0 aliphatic carbocycles. The quantitative estimate of drug-likeness (QED) is 0.191. The highest BCUT2D eigenvalue weighted by Crippen LogP contribution is 2.34. The van der Waals surface area contributed by atoms with Crippen LogP contribution in [0.15, 0.2) is 91.0 Å². The molecule has 5 aromatic rings. The van der Waals surface area contributed by atoms with Gasteiger partial charge in [0.1, 0.15) is 0 Å². The first-order chi connectivity index (χ1) is 25.2. The Morgan fingerprint density at radius 2 is 0.868 bits per heavy atom. The summed E-state index contributed by atoms with van der Waals surface area (Å²) in [5, 5.41) is 5.04. The summed E-state index contributed by atoms with van der Waals surface area (Å²) < 4.78 is 0. The van der Waals surface area contributed by atoms with E-state index >= 15 is 0 Å². The first kappa shape index (κ1) is 36.1. The lowest BCUT2D eigenvalue weighted by Gasteiger charge is -2.18. The number of nitrogens with one attached hydrogen (secondary N) is 2. The van der Waals surface area contributed by atoms with Crippen LogP contribution in [0, 0.1) is 34.6 Å². The molecule has 0 saturated carbocycles. The molecule has 2 aliphatic rings. The zero-order valence-electron chi connectivity index (χ0n) is 30.5. The van der Waals surface area contributed by atoms with E-state index in [9.17, 15) is 28.8 Å². The zero-order valence-corrected chi connectivity index (χ0v) is 30.5. The van der Waals surface area contributed by atoms with Crippen LogP contribution >= 0.6 is 0 Å². The van der Waals surface area contributed by atoms with Gasteiger partial charge in [0, 0.05) is 25.2 Å². The fraction of sp³-hybridized carbons (Fsp3) is 0.163. The summed E-state index contributed by atoms with van der Waals surface area (Å²) in [6.07, 6.45) is 0. The minimum Gasteiger partial charge on any atom is -0.355 e. The van der Waals surface area contributed by atoms with Gasteiger partial charge < -0.3 is 10.6 Å². The molecular weight excluding hydrogens is 668 g/mol. The smallest absolute Gasteiger partial charge is 0.266 e. The summed E-state index contributed by atoms with van der Waals surface area (Å²) in [4.78, 5) is 77.2. The summed E-state index contributed by atoms with van der Waals surface area (Å²) in [6, 6.07) is 26.6. The molecule has 7 rings (SSSR count). The maximum Gasteiger partial charge on any atom is 0.266 e. The number of fused-ring (bicyclic) bond motifs is 2. The van der Waals surface area contributed by atoms with Crippen LogP contribution in [0.25, 0.3) is 11.1 Å². The first-order valence-corrected chi connectivity index (χ1v) is 17.0. The van der Waals surface area contributed by atoms with E-state index in [1.165, 1.54) is 48.3 Å². The third kappa shape index (κ3) is 6.51. The van der Waals surface area contributed by atoms with Crippen LogP contribution < -0.4 is 20.4 Å². The standard InChI is InChI=1S/C25H22N2O3.C18H16N2O3/c1-14-5-6-17(11-15(14)2)18-8-10-22(16(3)12-18)27-24(29)20-9-7-19(23(28)26-4)13-21(20)25(27)30;1-10-4-6-13(8-11(10)2)20-17(22)14-7-5-12(16(21)19-3)9-15(14)18(20)23/h5-13H,1-4H3,(H,26,28);4-9H,1-3H3,(H,19,21). The van der Waals surface area contributed by atoms with E-state index in [2.05, 4.69) is 42.7 Å². The molecule has 10 heteroatoms. The normalized spacial score (nSPS) is 13.0. The molecule has 0 saturated heterocycles. The van der Waals surface area contributed by atoms with Crippen molar-refractivity contribution in [2.45, 2.75) is 34.6 Å². The van der Waals surface area contributed by atoms with E-state index in [0.29, 0.717) is 33.6 Å². The molecule has 53 heavy (non-hydrogen) atoms. The van der Waals surface area contributed by atoms with Gasteiger partial charge in [-0.15, -0.1) is 0 Å². The third-order valence-corrected chi connectivity index (χ3v) is 9.78. The molecule has 6 amide bonds. The molecule has 0 fully saturated rings. The zero-order chi connectivity index (χ0) is 38.3. The van der Waals surface area contributed by atoms with Crippen LogP contribution in [-0.4, -0.2) is 49.5 Å². The Kier molecular flexibility index (Phi) is 9.64. The molecule has 2 N–H and O–H groups in total. The van der Waals surface area contributed by atoms with Gasteiger partial charge in [0.25, 0.3) is 35.4 Å². The topological polar surface area (TPSA) is 133 Å². The first-order valence-electron chi connectivity index (χ1n) is 17.0. The van der Waals surface area contributed by atoms with Crippen LogP contribution in [-0.2, 0) is 0 Å². The van der Waals surface area contributed by atoms with Gasteiger partial charge in [-0.25, -0.2) is 9.80 Å². The number of benzene rings is 5. The van der Waals surface area contributed by atoms with Gasteiger partial charge in [-0.2, -0.15) is 0 Å². The second-order valence-electron chi connectivity index (χ2n) is 13.1. The Hall–Kier alpha value is -6.68. The third-order valence-electron chi connectivity index (χ3n) is 9.78. The molecule has 0 atom stereocenters. The summed E-state index contributed by atoms with van der Waals surface area (Å²) in [7, 11) is 3.04. The summed E-state index contributed by atoms with van der Waals surface area (Å²) >= 11 is 0. The van der Waals surface area contributed by atoms with E-state index in [4.69, 9.17) is 0 Å². The Morgan fingerprint density at radius 3 is 1.36 bits per heavy atom. The largest absolute Gasteiger partial charge is 0.355 e. The lowest BCUT2D eigenvalue weighted by atomic mass is 9.98. The maximum absolute atomic E-state index is 13.0. The van der Waals surface area contributed by atoms with Crippen LogP contribution in [0.2, 0.25) is 0 Å². The molecule has 0 aromatic heterocycles. The molecule has 0 radical (unpaired) electrons. The highest BCUT2D eigenvalue weighted by atomic mass is 16.2. The second-order valence-corrected chi connectivity index (χ2v) is 13.1. The van der Waals surface area contributed by atoms with Crippen LogP contribution in [0.4, 0.5) is 11.4 Å². The van der Waals surface area contributed by atoms with Crippen LogP contribution in [0.1, 0.15) is 90.0 Å². The van der Waals surface area contributed by atoms with Crippen molar-refractivity contribution in [1.82, 2.24) is 10.6 Å². The van der Waals surface area contributed by atoms with Gasteiger partial charge in [-0.1, -0.05) is 30.3 Å². The Bertz CT molecular complexity index is 2410. The fourth-order valence-electron chi connectivity index (χ4n) is 6.38. The molecular formula is C43H38N4O6. The van der Waals surface area contributed by atoms with Crippen LogP contribution in [0.3, 0.4) is 0 Å². The van der Waals surface area contributed by atoms with Gasteiger partial charge in [-0.05, 0) is 134 Å². The van der Waals surface area contributed by atoms with Crippen molar-refractivity contribution < 1.29 is 28.8 Å². The Morgan fingerprint density at radius 1 is 0.434 bits per heavy atom.